The van der Waals surface area contributed by atoms with E-state index in [-0.39, 0.29) is 11.9 Å². The summed E-state index contributed by atoms with van der Waals surface area (Å²) in [6.07, 6.45) is 5.49. The Morgan fingerprint density at radius 2 is 2.22 bits per heavy atom. The number of hydrogen-bond acceptors (Lipinski definition) is 3. The van der Waals surface area contributed by atoms with E-state index in [9.17, 15) is 4.79 Å². The maximum Gasteiger partial charge on any atom is 0.239 e. The molecule has 3 unspecified atom stereocenters. The molecule has 2 aliphatic heterocycles. The highest BCUT2D eigenvalue weighted by atomic mass is 16.2. The van der Waals surface area contributed by atoms with Gasteiger partial charge in [-0.15, -0.1) is 0 Å². The maximum atomic E-state index is 12.4. The summed E-state index contributed by atoms with van der Waals surface area (Å²) in [5.41, 5.74) is 6.03. The van der Waals surface area contributed by atoms with E-state index in [2.05, 4.69) is 18.7 Å². The molecule has 2 rings (SSSR count). The summed E-state index contributed by atoms with van der Waals surface area (Å²) in [5.74, 6) is 0.169. The van der Waals surface area contributed by atoms with Crippen LogP contribution in [0.4, 0.5) is 0 Å². The maximum absolute atomic E-state index is 12.4. The van der Waals surface area contributed by atoms with Crippen LogP contribution in [0, 0.1) is 0 Å². The molecule has 2 aliphatic rings. The van der Waals surface area contributed by atoms with Crippen LogP contribution in [0.3, 0.4) is 0 Å². The van der Waals surface area contributed by atoms with Crippen LogP contribution in [0.1, 0.15) is 46.0 Å². The molecule has 2 N–H and O–H groups in total. The molecule has 4 nitrogen and oxygen atoms in total. The van der Waals surface area contributed by atoms with Crippen LogP contribution >= 0.6 is 0 Å². The number of nitrogens with zero attached hydrogens (tertiary/aromatic N) is 2. The average molecular weight is 253 g/mol. The van der Waals surface area contributed by atoms with Gasteiger partial charge in [-0.05, 0) is 32.7 Å². The Bertz CT molecular complexity index is 295. The van der Waals surface area contributed by atoms with E-state index in [0.29, 0.717) is 12.1 Å². The number of carbonyl (C=O) groups is 1. The SMILES string of the molecule is CCCCC(N)C(=O)N1CC2CCCN2CC1C. The predicted molar refractivity (Wildman–Crippen MR) is 73.3 cm³/mol. The molecule has 2 fully saturated rings. The van der Waals surface area contributed by atoms with Gasteiger partial charge < -0.3 is 10.6 Å². The highest BCUT2D eigenvalue weighted by Crippen LogP contribution is 2.25. The molecule has 0 aliphatic carbocycles. The van der Waals surface area contributed by atoms with Crippen LogP contribution in [-0.4, -0.2) is 53.5 Å². The van der Waals surface area contributed by atoms with Gasteiger partial charge in [-0.2, -0.15) is 0 Å². The van der Waals surface area contributed by atoms with Crippen molar-refractivity contribution in [1.29, 1.82) is 0 Å². The lowest BCUT2D eigenvalue weighted by Gasteiger charge is -2.43. The molecule has 18 heavy (non-hydrogen) atoms. The molecular weight excluding hydrogens is 226 g/mol. The van der Waals surface area contributed by atoms with Gasteiger partial charge in [0, 0.05) is 25.2 Å². The fraction of sp³-hybridized carbons (Fsp3) is 0.929. The number of hydrogen-bond donors (Lipinski definition) is 1. The monoisotopic (exact) mass is 253 g/mol. The van der Waals surface area contributed by atoms with Crippen LogP contribution in [-0.2, 0) is 4.79 Å². The minimum Gasteiger partial charge on any atom is -0.336 e. The molecule has 0 bridgehead atoms. The van der Waals surface area contributed by atoms with Crippen molar-refractivity contribution >= 4 is 5.91 Å². The van der Waals surface area contributed by atoms with Crippen molar-refractivity contribution in [2.24, 2.45) is 5.73 Å². The smallest absolute Gasteiger partial charge is 0.239 e. The molecule has 104 valence electrons. The van der Waals surface area contributed by atoms with Crippen molar-refractivity contribution in [2.75, 3.05) is 19.6 Å². The van der Waals surface area contributed by atoms with Gasteiger partial charge in [-0.1, -0.05) is 19.8 Å². The fourth-order valence-corrected chi connectivity index (χ4v) is 3.25. The van der Waals surface area contributed by atoms with Crippen LogP contribution < -0.4 is 5.73 Å². The van der Waals surface area contributed by atoms with Gasteiger partial charge in [0.25, 0.3) is 0 Å². The third kappa shape index (κ3) is 2.86. The number of piperazine rings is 1. The second kappa shape index (κ2) is 6.02. The van der Waals surface area contributed by atoms with E-state index in [0.717, 1.165) is 32.4 Å². The molecule has 4 heteroatoms. The van der Waals surface area contributed by atoms with Gasteiger partial charge in [0.05, 0.1) is 6.04 Å². The van der Waals surface area contributed by atoms with E-state index in [1.807, 2.05) is 4.90 Å². The van der Waals surface area contributed by atoms with Crippen molar-refractivity contribution < 1.29 is 4.79 Å². The minimum atomic E-state index is -0.291. The molecule has 0 saturated carbocycles. The van der Waals surface area contributed by atoms with E-state index in [1.165, 1.54) is 19.4 Å². The summed E-state index contributed by atoms with van der Waals surface area (Å²) in [5, 5.41) is 0. The summed E-state index contributed by atoms with van der Waals surface area (Å²) >= 11 is 0. The molecule has 0 spiro atoms. The van der Waals surface area contributed by atoms with Crippen molar-refractivity contribution in [3.63, 3.8) is 0 Å². The van der Waals surface area contributed by atoms with E-state index in [1.54, 1.807) is 0 Å². The highest BCUT2D eigenvalue weighted by Gasteiger charge is 2.37. The normalized spacial score (nSPS) is 30.3. The molecule has 2 saturated heterocycles. The Morgan fingerprint density at radius 3 is 2.94 bits per heavy atom. The molecule has 0 aromatic heterocycles. The number of rotatable bonds is 4. The summed E-state index contributed by atoms with van der Waals surface area (Å²) in [4.78, 5) is 17.0. The number of unbranched alkanes of at least 4 members (excludes halogenated alkanes) is 1. The first-order chi connectivity index (χ1) is 8.63. The predicted octanol–water partition coefficient (Wildman–Crippen LogP) is 1.20. The Hall–Kier alpha value is -0.610. The number of amides is 1. The molecule has 0 radical (unpaired) electrons. The quantitative estimate of drug-likeness (QED) is 0.819. The van der Waals surface area contributed by atoms with Crippen LogP contribution in [0.15, 0.2) is 0 Å². The van der Waals surface area contributed by atoms with Crippen LogP contribution in [0.2, 0.25) is 0 Å². The second-order valence-corrected chi connectivity index (χ2v) is 5.88. The van der Waals surface area contributed by atoms with Gasteiger partial charge in [0.15, 0.2) is 0 Å². The first-order valence-electron chi connectivity index (χ1n) is 7.43. The zero-order chi connectivity index (χ0) is 13.1. The second-order valence-electron chi connectivity index (χ2n) is 5.88. The lowest BCUT2D eigenvalue weighted by Crippen LogP contribution is -2.59. The zero-order valence-electron chi connectivity index (χ0n) is 11.8. The molecular formula is C14H27N3O. The number of fused-ring (bicyclic) bond motifs is 1. The third-order valence-electron chi connectivity index (χ3n) is 4.41. The van der Waals surface area contributed by atoms with Gasteiger partial charge in [-0.25, -0.2) is 0 Å². The first-order valence-corrected chi connectivity index (χ1v) is 7.43. The summed E-state index contributed by atoms with van der Waals surface area (Å²) in [6.45, 7) is 7.41. The largest absolute Gasteiger partial charge is 0.336 e. The average Bonchev–Trinajstić information content (AvgIpc) is 2.81. The molecule has 1 amide bonds. The molecule has 0 aromatic carbocycles. The van der Waals surface area contributed by atoms with Crippen molar-refractivity contribution in [3.8, 4) is 0 Å². The zero-order valence-corrected chi connectivity index (χ0v) is 11.8. The van der Waals surface area contributed by atoms with Crippen molar-refractivity contribution in [1.82, 2.24) is 9.80 Å². The lowest BCUT2D eigenvalue weighted by molar-refractivity contribution is -0.138. The van der Waals surface area contributed by atoms with Crippen LogP contribution in [0.25, 0.3) is 0 Å². The highest BCUT2D eigenvalue weighted by molar-refractivity contribution is 5.82. The molecule has 2 heterocycles. The van der Waals surface area contributed by atoms with Crippen molar-refractivity contribution in [2.45, 2.75) is 64.1 Å². The van der Waals surface area contributed by atoms with Crippen molar-refractivity contribution in [3.05, 3.63) is 0 Å². The summed E-state index contributed by atoms with van der Waals surface area (Å²) < 4.78 is 0. The Labute approximate surface area is 110 Å². The third-order valence-corrected chi connectivity index (χ3v) is 4.41. The summed E-state index contributed by atoms with van der Waals surface area (Å²) in [7, 11) is 0. The van der Waals surface area contributed by atoms with Gasteiger partial charge in [0.2, 0.25) is 5.91 Å². The Balaban J connectivity index is 1.92. The summed E-state index contributed by atoms with van der Waals surface area (Å²) in [6, 6.07) is 0.614. The first kappa shape index (κ1) is 13.8. The van der Waals surface area contributed by atoms with Gasteiger partial charge in [-0.3, -0.25) is 9.69 Å². The van der Waals surface area contributed by atoms with E-state index < -0.39 is 0 Å². The standard InChI is InChI=1S/C14H27N3O/c1-3-4-7-13(15)14(18)17-10-12-6-5-8-16(12)9-11(17)2/h11-13H,3-10,15H2,1-2H3. The number of carbonyl (C=O) groups excluding carboxylic acids is 1. The van der Waals surface area contributed by atoms with Gasteiger partial charge in [0.1, 0.15) is 0 Å². The van der Waals surface area contributed by atoms with E-state index in [4.69, 9.17) is 5.73 Å². The molecule has 0 aromatic rings. The van der Waals surface area contributed by atoms with Gasteiger partial charge >= 0.3 is 0 Å². The Kier molecular flexibility index (Phi) is 4.62. The Morgan fingerprint density at radius 1 is 1.44 bits per heavy atom. The lowest BCUT2D eigenvalue weighted by atomic mass is 10.0. The van der Waals surface area contributed by atoms with E-state index >= 15 is 0 Å². The topological polar surface area (TPSA) is 49.6 Å². The number of nitrogens with two attached hydrogens (primary N) is 1. The fourth-order valence-electron chi connectivity index (χ4n) is 3.25. The molecule has 3 atom stereocenters. The minimum absolute atomic E-state index is 0.169. The van der Waals surface area contributed by atoms with Crippen LogP contribution in [0.5, 0.6) is 0 Å².